The lowest BCUT2D eigenvalue weighted by Crippen LogP contribution is -2.39. The van der Waals surface area contributed by atoms with Crippen molar-refractivity contribution in [3.8, 4) is 11.5 Å². The Labute approximate surface area is 222 Å². The zero-order chi connectivity index (χ0) is 25.6. The number of thiophene rings is 1. The van der Waals surface area contributed by atoms with E-state index < -0.39 is 12.1 Å². The van der Waals surface area contributed by atoms with Crippen LogP contribution in [0.25, 0.3) is 0 Å². The van der Waals surface area contributed by atoms with E-state index in [9.17, 15) is 9.59 Å². The van der Waals surface area contributed by atoms with Crippen LogP contribution in [0.1, 0.15) is 62.3 Å². The molecule has 0 bridgehead atoms. The highest BCUT2D eigenvalue weighted by atomic mass is 79.9. The summed E-state index contributed by atoms with van der Waals surface area (Å²) in [7, 11) is 1.52. The van der Waals surface area contributed by atoms with Crippen LogP contribution in [0, 0.1) is 6.92 Å². The molecule has 1 amide bonds. The summed E-state index contributed by atoms with van der Waals surface area (Å²) in [5.74, 6) is 0.124. The van der Waals surface area contributed by atoms with E-state index in [1.807, 2.05) is 25.1 Å². The highest BCUT2D eigenvalue weighted by Crippen LogP contribution is 2.43. The van der Waals surface area contributed by atoms with Crippen molar-refractivity contribution < 1.29 is 19.1 Å². The van der Waals surface area contributed by atoms with Gasteiger partial charge in [-0.2, -0.15) is 0 Å². The minimum atomic E-state index is -0.477. The molecular formula is C27H28BrN3O4S. The Morgan fingerprint density at radius 2 is 1.94 bits per heavy atom. The average Bonchev–Trinajstić information content (AvgIpc) is 3.23. The number of fused-ring (bicyclic) bond motifs is 3. The van der Waals surface area contributed by atoms with Gasteiger partial charge in [-0.25, -0.2) is 4.79 Å². The van der Waals surface area contributed by atoms with E-state index in [-0.39, 0.29) is 11.7 Å². The lowest BCUT2D eigenvalue weighted by molar-refractivity contribution is 0.0728. The fraction of sp³-hybridized carbons (Fsp3) is 0.333. The molecule has 188 valence electrons. The van der Waals surface area contributed by atoms with Crippen molar-refractivity contribution in [1.29, 1.82) is 0 Å². The van der Waals surface area contributed by atoms with Crippen LogP contribution in [0.2, 0.25) is 0 Å². The minimum Gasteiger partial charge on any atom is -0.493 e. The van der Waals surface area contributed by atoms with Crippen LogP contribution < -0.4 is 20.1 Å². The van der Waals surface area contributed by atoms with Gasteiger partial charge in [0.2, 0.25) is 0 Å². The van der Waals surface area contributed by atoms with Gasteiger partial charge in [-0.1, -0.05) is 17.7 Å². The van der Waals surface area contributed by atoms with Gasteiger partial charge in [-0.15, -0.1) is 11.3 Å². The number of carbonyl (C=O) groups is 2. The van der Waals surface area contributed by atoms with E-state index in [1.165, 1.54) is 12.0 Å². The van der Waals surface area contributed by atoms with E-state index in [2.05, 4.69) is 45.3 Å². The Balaban J connectivity index is 1.40. The topological polar surface area (TPSA) is 79.9 Å². The van der Waals surface area contributed by atoms with Crippen molar-refractivity contribution >= 4 is 44.1 Å². The minimum absolute atomic E-state index is 0.0748. The zero-order valence-electron chi connectivity index (χ0n) is 20.6. The van der Waals surface area contributed by atoms with Gasteiger partial charge in [0.25, 0.3) is 5.91 Å². The molecule has 1 atom stereocenters. The monoisotopic (exact) mass is 569 g/mol. The molecule has 7 nitrogen and oxygen atoms in total. The van der Waals surface area contributed by atoms with Crippen molar-refractivity contribution in [3.05, 3.63) is 73.6 Å². The highest BCUT2D eigenvalue weighted by Gasteiger charge is 2.34. The van der Waals surface area contributed by atoms with Gasteiger partial charge in [0, 0.05) is 24.0 Å². The number of nitrogens with zero attached hydrogens (tertiary/aromatic N) is 1. The molecule has 0 spiro atoms. The highest BCUT2D eigenvalue weighted by molar-refractivity contribution is 9.10. The second-order valence-corrected chi connectivity index (χ2v) is 11.3. The predicted molar refractivity (Wildman–Crippen MR) is 144 cm³/mol. The van der Waals surface area contributed by atoms with Crippen molar-refractivity contribution in [2.45, 2.75) is 45.9 Å². The molecule has 9 heteroatoms. The fourth-order valence-corrected chi connectivity index (χ4v) is 6.43. The number of hydrogen-bond acceptors (Lipinski definition) is 7. The van der Waals surface area contributed by atoms with Gasteiger partial charge >= 0.3 is 5.97 Å². The summed E-state index contributed by atoms with van der Waals surface area (Å²) < 4.78 is 11.8. The van der Waals surface area contributed by atoms with Crippen molar-refractivity contribution in [2.75, 3.05) is 19.0 Å². The first-order valence-corrected chi connectivity index (χ1v) is 13.5. The molecule has 0 aliphatic carbocycles. The third-order valence-electron chi connectivity index (χ3n) is 6.66. The van der Waals surface area contributed by atoms with Gasteiger partial charge in [0.15, 0.2) is 11.5 Å². The van der Waals surface area contributed by atoms with Crippen molar-refractivity contribution in [1.82, 2.24) is 10.2 Å². The van der Waals surface area contributed by atoms with Crippen LogP contribution in [0.3, 0.4) is 0 Å². The van der Waals surface area contributed by atoms with E-state index in [4.69, 9.17) is 9.47 Å². The number of carbonyl (C=O) groups excluding carboxylic acids is 2. The van der Waals surface area contributed by atoms with Gasteiger partial charge in [0.1, 0.15) is 11.2 Å². The first kappa shape index (κ1) is 24.8. The van der Waals surface area contributed by atoms with E-state index in [1.54, 1.807) is 29.5 Å². The maximum absolute atomic E-state index is 13.2. The molecule has 2 aliphatic rings. The van der Waals surface area contributed by atoms with Gasteiger partial charge < -0.3 is 20.1 Å². The van der Waals surface area contributed by atoms with Crippen LogP contribution in [0.5, 0.6) is 11.5 Å². The fourth-order valence-electron chi connectivity index (χ4n) is 4.59. The normalized spacial score (nSPS) is 17.2. The lowest BCUT2D eigenvalue weighted by atomic mass is 9.99. The molecule has 2 N–H and O–H groups in total. The van der Waals surface area contributed by atoms with Crippen LogP contribution in [0.15, 0.2) is 40.9 Å². The first-order valence-electron chi connectivity index (χ1n) is 11.9. The number of anilines is 1. The molecular weight excluding hydrogens is 542 g/mol. The number of hydrogen-bond donors (Lipinski definition) is 2. The number of halogens is 1. The molecule has 0 unspecified atom stereocenters. The number of rotatable bonds is 5. The summed E-state index contributed by atoms with van der Waals surface area (Å²) in [5, 5.41) is 7.48. The number of aryl methyl sites for hydroxylation is 1. The molecule has 0 saturated heterocycles. The Morgan fingerprint density at radius 1 is 1.19 bits per heavy atom. The average molecular weight is 571 g/mol. The Bertz CT molecular complexity index is 1340. The van der Waals surface area contributed by atoms with Gasteiger partial charge in [0.05, 0.1) is 22.7 Å². The number of amides is 1. The molecule has 36 heavy (non-hydrogen) atoms. The van der Waals surface area contributed by atoms with Crippen LogP contribution in [-0.4, -0.2) is 36.5 Å². The summed E-state index contributed by atoms with van der Waals surface area (Å²) in [6, 6.07) is 11.3. The number of ether oxygens (including phenoxy) is 2. The van der Waals surface area contributed by atoms with Gasteiger partial charge in [-0.05, 0) is 78.5 Å². The maximum atomic E-state index is 13.2. The summed E-state index contributed by atoms with van der Waals surface area (Å²) in [4.78, 5) is 29.6. The van der Waals surface area contributed by atoms with Gasteiger partial charge in [-0.3, -0.25) is 9.69 Å². The Morgan fingerprint density at radius 3 is 2.64 bits per heavy atom. The van der Waals surface area contributed by atoms with Crippen LogP contribution in [-0.2, 0) is 13.0 Å². The van der Waals surface area contributed by atoms with Crippen molar-refractivity contribution in [2.24, 2.45) is 0 Å². The molecule has 3 heterocycles. The molecule has 0 radical (unpaired) electrons. The number of benzene rings is 2. The summed E-state index contributed by atoms with van der Waals surface area (Å²) >= 11 is 5.19. The quantitative estimate of drug-likeness (QED) is 0.304. The third-order valence-corrected chi connectivity index (χ3v) is 8.40. The second-order valence-electron chi connectivity index (χ2n) is 9.36. The second kappa shape index (κ2) is 9.88. The molecule has 0 saturated carbocycles. The lowest BCUT2D eigenvalue weighted by Gasteiger charge is -2.31. The number of esters is 1. The summed E-state index contributed by atoms with van der Waals surface area (Å²) in [5.41, 5.74) is 4.22. The standard InChI is InChI=1S/C27H28BrN3O4S/c1-14(2)31-10-9-18-21(13-31)36-26-22(18)25(32)29-24(30-26)17-11-19(28)23(20(12-17)34-4)35-27(33)16-7-5-15(3)6-8-16/h5-8,11-12,14,24,30H,9-10,13H2,1-4H3,(H,29,32)/t24-/m0/s1. The molecule has 2 aromatic carbocycles. The molecule has 5 rings (SSSR count). The smallest absolute Gasteiger partial charge is 0.343 e. The number of nitrogens with one attached hydrogen (secondary N) is 2. The van der Waals surface area contributed by atoms with Crippen molar-refractivity contribution in [3.63, 3.8) is 0 Å². The summed E-state index contributed by atoms with van der Waals surface area (Å²) in [6.45, 7) is 8.18. The third kappa shape index (κ3) is 4.63. The SMILES string of the molecule is COc1cc([C@H]2NC(=O)c3c(sc4c3CCN(C(C)C)C4)N2)cc(Br)c1OC(=O)c1ccc(C)cc1. The molecule has 3 aromatic rings. The number of methoxy groups -OCH3 is 1. The Kier molecular flexibility index (Phi) is 6.80. The molecule has 1 aromatic heterocycles. The first-order chi connectivity index (χ1) is 17.2. The zero-order valence-corrected chi connectivity index (χ0v) is 23.0. The van der Waals surface area contributed by atoms with Crippen LogP contribution >= 0.6 is 27.3 Å². The molecule has 0 fully saturated rings. The van der Waals surface area contributed by atoms with E-state index >= 15 is 0 Å². The maximum Gasteiger partial charge on any atom is 0.343 e. The predicted octanol–water partition coefficient (Wildman–Crippen LogP) is 5.67. The van der Waals surface area contributed by atoms with Crippen LogP contribution in [0.4, 0.5) is 5.00 Å². The largest absolute Gasteiger partial charge is 0.493 e. The molecule has 2 aliphatic heterocycles. The Hall–Kier alpha value is -2.88. The van der Waals surface area contributed by atoms with E-state index in [0.717, 1.165) is 46.8 Å². The van der Waals surface area contributed by atoms with E-state index in [0.29, 0.717) is 21.8 Å². The summed E-state index contributed by atoms with van der Waals surface area (Å²) in [6.07, 6.45) is 0.429.